The van der Waals surface area contributed by atoms with Crippen molar-refractivity contribution in [2.24, 2.45) is 11.8 Å². The van der Waals surface area contributed by atoms with Gasteiger partial charge in [-0.3, -0.25) is 0 Å². The standard InChI is InChI=1S/C12H22/c1-3-4-7-12-8-5-6-11(2)9-10-12/h3,11-12H,1,4-10H2,2H3. The van der Waals surface area contributed by atoms with E-state index in [1.54, 1.807) is 0 Å². The highest BCUT2D eigenvalue weighted by atomic mass is 14.2. The molecule has 0 aromatic carbocycles. The Bertz CT molecular complexity index is 126. The third-order valence-corrected chi connectivity index (χ3v) is 3.16. The summed E-state index contributed by atoms with van der Waals surface area (Å²) in [5, 5.41) is 0. The van der Waals surface area contributed by atoms with Crippen LogP contribution in [0.3, 0.4) is 0 Å². The minimum Gasteiger partial charge on any atom is -0.103 e. The van der Waals surface area contributed by atoms with Gasteiger partial charge in [0, 0.05) is 0 Å². The van der Waals surface area contributed by atoms with Gasteiger partial charge in [0.05, 0.1) is 0 Å². The van der Waals surface area contributed by atoms with Crippen LogP contribution in [-0.4, -0.2) is 0 Å². The van der Waals surface area contributed by atoms with Crippen LogP contribution in [0.5, 0.6) is 0 Å². The van der Waals surface area contributed by atoms with E-state index in [1.165, 1.54) is 44.9 Å². The van der Waals surface area contributed by atoms with E-state index in [0.29, 0.717) is 0 Å². The first kappa shape index (κ1) is 9.83. The van der Waals surface area contributed by atoms with Crippen molar-refractivity contribution in [3.8, 4) is 0 Å². The fraction of sp³-hybridized carbons (Fsp3) is 0.833. The van der Waals surface area contributed by atoms with E-state index in [2.05, 4.69) is 19.6 Å². The Kier molecular flexibility index (Phi) is 4.42. The van der Waals surface area contributed by atoms with Crippen LogP contribution in [0.1, 0.15) is 51.9 Å². The summed E-state index contributed by atoms with van der Waals surface area (Å²) in [6.45, 7) is 6.18. The van der Waals surface area contributed by atoms with Crippen molar-refractivity contribution in [2.45, 2.75) is 51.9 Å². The van der Waals surface area contributed by atoms with Crippen molar-refractivity contribution >= 4 is 0 Å². The molecule has 0 amide bonds. The minimum atomic E-state index is 0.985. The second-order valence-corrected chi connectivity index (χ2v) is 4.35. The third kappa shape index (κ3) is 3.42. The van der Waals surface area contributed by atoms with E-state index in [1.807, 2.05) is 0 Å². The highest BCUT2D eigenvalue weighted by Gasteiger charge is 2.14. The molecule has 0 aromatic heterocycles. The van der Waals surface area contributed by atoms with Gasteiger partial charge in [-0.2, -0.15) is 0 Å². The van der Waals surface area contributed by atoms with Crippen LogP contribution >= 0.6 is 0 Å². The van der Waals surface area contributed by atoms with Gasteiger partial charge in [0.1, 0.15) is 0 Å². The fourth-order valence-electron chi connectivity index (χ4n) is 2.21. The normalized spacial score (nSPS) is 31.1. The average Bonchev–Trinajstić information content (AvgIpc) is 2.27. The zero-order chi connectivity index (χ0) is 8.81. The summed E-state index contributed by atoms with van der Waals surface area (Å²) in [6.07, 6.45) is 12.0. The van der Waals surface area contributed by atoms with Gasteiger partial charge < -0.3 is 0 Å². The molecule has 0 heterocycles. The van der Waals surface area contributed by atoms with Gasteiger partial charge in [0.2, 0.25) is 0 Å². The smallest absolute Gasteiger partial charge is 0.0351 e. The number of hydrogen-bond donors (Lipinski definition) is 0. The molecule has 12 heavy (non-hydrogen) atoms. The number of hydrogen-bond acceptors (Lipinski definition) is 0. The van der Waals surface area contributed by atoms with Crippen LogP contribution in [0.15, 0.2) is 12.7 Å². The van der Waals surface area contributed by atoms with Gasteiger partial charge in [0.25, 0.3) is 0 Å². The lowest BCUT2D eigenvalue weighted by Gasteiger charge is -2.11. The zero-order valence-electron chi connectivity index (χ0n) is 8.39. The molecule has 0 radical (unpaired) electrons. The van der Waals surface area contributed by atoms with Crippen molar-refractivity contribution in [1.82, 2.24) is 0 Å². The van der Waals surface area contributed by atoms with Crippen molar-refractivity contribution in [3.63, 3.8) is 0 Å². The quantitative estimate of drug-likeness (QED) is 0.436. The first-order valence-corrected chi connectivity index (χ1v) is 5.44. The van der Waals surface area contributed by atoms with E-state index in [-0.39, 0.29) is 0 Å². The maximum atomic E-state index is 3.78. The Morgan fingerprint density at radius 1 is 1.25 bits per heavy atom. The molecule has 1 saturated carbocycles. The van der Waals surface area contributed by atoms with Gasteiger partial charge in [-0.05, 0) is 24.7 Å². The molecule has 2 atom stereocenters. The fourth-order valence-corrected chi connectivity index (χ4v) is 2.21. The van der Waals surface area contributed by atoms with E-state index in [0.717, 1.165) is 11.8 Å². The predicted molar refractivity (Wildman–Crippen MR) is 55.2 cm³/mol. The maximum Gasteiger partial charge on any atom is -0.0351 e. The molecule has 1 aliphatic rings. The summed E-state index contributed by atoms with van der Waals surface area (Å²) in [5.41, 5.74) is 0. The van der Waals surface area contributed by atoms with Crippen LogP contribution in [0.4, 0.5) is 0 Å². The molecule has 1 rings (SSSR count). The number of rotatable bonds is 3. The molecular weight excluding hydrogens is 144 g/mol. The monoisotopic (exact) mass is 166 g/mol. The molecule has 1 aliphatic carbocycles. The SMILES string of the molecule is C=CCCC1CCCC(C)CC1. The summed E-state index contributed by atoms with van der Waals surface area (Å²) < 4.78 is 0. The van der Waals surface area contributed by atoms with Gasteiger partial charge in [-0.25, -0.2) is 0 Å². The Balaban J connectivity index is 2.21. The van der Waals surface area contributed by atoms with Crippen molar-refractivity contribution in [2.75, 3.05) is 0 Å². The Labute approximate surface area is 77.1 Å². The summed E-state index contributed by atoms with van der Waals surface area (Å²) in [6, 6.07) is 0. The number of allylic oxidation sites excluding steroid dienone is 1. The highest BCUT2D eigenvalue weighted by Crippen LogP contribution is 2.29. The Morgan fingerprint density at radius 3 is 2.83 bits per heavy atom. The van der Waals surface area contributed by atoms with E-state index in [4.69, 9.17) is 0 Å². The third-order valence-electron chi connectivity index (χ3n) is 3.16. The van der Waals surface area contributed by atoms with Crippen LogP contribution in [0.25, 0.3) is 0 Å². The lowest BCUT2D eigenvalue weighted by Crippen LogP contribution is -1.98. The summed E-state index contributed by atoms with van der Waals surface area (Å²) >= 11 is 0. The van der Waals surface area contributed by atoms with Crippen LogP contribution in [0.2, 0.25) is 0 Å². The molecular formula is C12H22. The molecule has 2 unspecified atom stereocenters. The predicted octanol–water partition coefficient (Wildman–Crippen LogP) is 4.17. The summed E-state index contributed by atoms with van der Waals surface area (Å²) in [4.78, 5) is 0. The molecule has 0 bridgehead atoms. The van der Waals surface area contributed by atoms with Crippen LogP contribution < -0.4 is 0 Å². The Hall–Kier alpha value is -0.260. The van der Waals surface area contributed by atoms with Gasteiger partial charge in [-0.1, -0.05) is 45.1 Å². The van der Waals surface area contributed by atoms with Crippen molar-refractivity contribution in [1.29, 1.82) is 0 Å². The van der Waals surface area contributed by atoms with Crippen molar-refractivity contribution in [3.05, 3.63) is 12.7 Å². The van der Waals surface area contributed by atoms with E-state index in [9.17, 15) is 0 Å². The molecule has 0 aliphatic heterocycles. The topological polar surface area (TPSA) is 0 Å². The van der Waals surface area contributed by atoms with Gasteiger partial charge in [-0.15, -0.1) is 6.58 Å². The molecule has 70 valence electrons. The average molecular weight is 166 g/mol. The molecule has 0 spiro atoms. The van der Waals surface area contributed by atoms with Crippen molar-refractivity contribution < 1.29 is 0 Å². The van der Waals surface area contributed by atoms with Gasteiger partial charge >= 0.3 is 0 Å². The molecule has 0 N–H and O–H groups in total. The second-order valence-electron chi connectivity index (χ2n) is 4.35. The largest absolute Gasteiger partial charge is 0.103 e. The highest BCUT2D eigenvalue weighted by molar-refractivity contribution is 4.73. The molecule has 1 fully saturated rings. The molecule has 0 saturated heterocycles. The summed E-state index contributed by atoms with van der Waals surface area (Å²) in [7, 11) is 0. The Morgan fingerprint density at radius 2 is 2.08 bits per heavy atom. The zero-order valence-corrected chi connectivity index (χ0v) is 8.39. The lowest BCUT2D eigenvalue weighted by atomic mass is 9.94. The second kappa shape index (κ2) is 5.40. The van der Waals surface area contributed by atoms with E-state index >= 15 is 0 Å². The summed E-state index contributed by atoms with van der Waals surface area (Å²) in [5.74, 6) is 1.99. The first-order chi connectivity index (χ1) is 5.83. The molecule has 0 aromatic rings. The van der Waals surface area contributed by atoms with Gasteiger partial charge in [0.15, 0.2) is 0 Å². The van der Waals surface area contributed by atoms with Crippen LogP contribution in [-0.2, 0) is 0 Å². The lowest BCUT2D eigenvalue weighted by molar-refractivity contribution is 0.422. The minimum absolute atomic E-state index is 0.985. The first-order valence-electron chi connectivity index (χ1n) is 5.44. The molecule has 0 nitrogen and oxygen atoms in total. The maximum absolute atomic E-state index is 3.78. The van der Waals surface area contributed by atoms with E-state index < -0.39 is 0 Å². The van der Waals surface area contributed by atoms with Crippen LogP contribution in [0, 0.1) is 11.8 Å². The molecule has 0 heteroatoms.